The van der Waals surface area contributed by atoms with Gasteiger partial charge in [-0.15, -0.1) is 0 Å². The highest BCUT2D eigenvalue weighted by atomic mass is 35.5. The van der Waals surface area contributed by atoms with Gasteiger partial charge in [0.1, 0.15) is 12.2 Å². The Morgan fingerprint density at radius 2 is 2.27 bits per heavy atom. The van der Waals surface area contributed by atoms with Crippen LogP contribution in [0.4, 0.5) is 4.39 Å². The van der Waals surface area contributed by atoms with Crippen LogP contribution in [0.15, 0.2) is 12.1 Å². The number of aromatic carboxylic acids is 1. The van der Waals surface area contributed by atoms with Gasteiger partial charge in [0, 0.05) is 6.54 Å². The normalized spacial score (nSPS) is 10.1. The molecule has 0 amide bonds. The third-order valence-electron chi connectivity index (χ3n) is 1.64. The Hall–Kier alpha value is -1.33. The van der Waals surface area contributed by atoms with Gasteiger partial charge in [-0.05, 0) is 12.1 Å². The van der Waals surface area contributed by atoms with Crippen LogP contribution >= 0.6 is 11.6 Å². The fourth-order valence-electron chi connectivity index (χ4n) is 1.00. The molecule has 3 N–H and O–H groups in total. The molecule has 1 aromatic carbocycles. The van der Waals surface area contributed by atoms with Crippen molar-refractivity contribution in [1.82, 2.24) is 0 Å². The highest BCUT2D eigenvalue weighted by molar-refractivity contribution is 6.31. The molecule has 0 aromatic heterocycles. The van der Waals surface area contributed by atoms with E-state index in [9.17, 15) is 9.18 Å². The van der Waals surface area contributed by atoms with Crippen LogP contribution in [0.1, 0.15) is 10.4 Å². The molecule has 0 radical (unpaired) electrons. The van der Waals surface area contributed by atoms with Crippen LogP contribution in [-0.4, -0.2) is 24.2 Å². The number of nitrogens with two attached hydrogens (primary N) is 1. The third kappa shape index (κ3) is 2.57. The standard InChI is InChI=1S/C9H9ClFNO3/c10-6-2-1-5(9(13)14)8(7(6)11)15-4-3-12/h1-2H,3-4,12H2,(H,13,14). The predicted molar refractivity (Wildman–Crippen MR) is 52.9 cm³/mol. The lowest BCUT2D eigenvalue weighted by atomic mass is 10.2. The van der Waals surface area contributed by atoms with Crippen molar-refractivity contribution < 1.29 is 19.0 Å². The molecule has 6 heteroatoms. The van der Waals surface area contributed by atoms with E-state index in [4.69, 9.17) is 27.2 Å². The first-order valence-corrected chi connectivity index (χ1v) is 4.50. The molecular weight excluding hydrogens is 225 g/mol. The summed E-state index contributed by atoms with van der Waals surface area (Å²) in [6, 6.07) is 2.34. The number of benzene rings is 1. The minimum absolute atomic E-state index is 0.0253. The van der Waals surface area contributed by atoms with Gasteiger partial charge in [0.25, 0.3) is 0 Å². The number of ether oxygens (including phenoxy) is 1. The topological polar surface area (TPSA) is 72.5 Å². The van der Waals surface area contributed by atoms with Crippen molar-refractivity contribution in [3.05, 3.63) is 28.5 Å². The van der Waals surface area contributed by atoms with Gasteiger partial charge in [0.15, 0.2) is 11.6 Å². The number of hydrogen-bond donors (Lipinski definition) is 2. The van der Waals surface area contributed by atoms with Crippen molar-refractivity contribution in [2.45, 2.75) is 0 Å². The van der Waals surface area contributed by atoms with E-state index >= 15 is 0 Å². The lowest BCUT2D eigenvalue weighted by molar-refractivity contribution is 0.0691. The molecule has 0 atom stereocenters. The summed E-state index contributed by atoms with van der Waals surface area (Å²) in [6.45, 7) is 0.183. The average Bonchev–Trinajstić information content (AvgIpc) is 2.19. The summed E-state index contributed by atoms with van der Waals surface area (Å²) in [7, 11) is 0. The van der Waals surface area contributed by atoms with Gasteiger partial charge in [-0.1, -0.05) is 11.6 Å². The van der Waals surface area contributed by atoms with Gasteiger partial charge in [-0.25, -0.2) is 9.18 Å². The summed E-state index contributed by atoms with van der Waals surface area (Å²) in [6.07, 6.45) is 0. The number of carbonyl (C=O) groups is 1. The molecule has 0 fully saturated rings. The van der Waals surface area contributed by atoms with E-state index in [0.717, 1.165) is 6.07 Å². The molecule has 1 aromatic rings. The van der Waals surface area contributed by atoms with E-state index in [1.807, 2.05) is 0 Å². The third-order valence-corrected chi connectivity index (χ3v) is 1.94. The van der Waals surface area contributed by atoms with E-state index in [1.165, 1.54) is 6.07 Å². The van der Waals surface area contributed by atoms with Crippen molar-refractivity contribution >= 4 is 17.6 Å². The van der Waals surface area contributed by atoms with Gasteiger partial charge in [-0.2, -0.15) is 0 Å². The molecule has 0 aliphatic carbocycles. The van der Waals surface area contributed by atoms with E-state index in [1.54, 1.807) is 0 Å². The van der Waals surface area contributed by atoms with Crippen LogP contribution in [0.25, 0.3) is 0 Å². The molecule has 0 saturated carbocycles. The summed E-state index contributed by atoms with van der Waals surface area (Å²) < 4.78 is 18.3. The van der Waals surface area contributed by atoms with Crippen molar-refractivity contribution in [2.24, 2.45) is 5.73 Å². The molecule has 0 bridgehead atoms. The van der Waals surface area contributed by atoms with Crippen LogP contribution in [0.5, 0.6) is 5.75 Å². The van der Waals surface area contributed by atoms with Crippen molar-refractivity contribution in [2.75, 3.05) is 13.2 Å². The Balaban J connectivity index is 3.16. The summed E-state index contributed by atoms with van der Waals surface area (Å²) in [5.74, 6) is -2.54. The molecule has 0 spiro atoms. The molecule has 0 aliphatic heterocycles. The number of carboxylic acid groups (broad SMARTS) is 1. The molecular formula is C9H9ClFNO3. The fraction of sp³-hybridized carbons (Fsp3) is 0.222. The smallest absolute Gasteiger partial charge is 0.339 e. The predicted octanol–water partition coefficient (Wildman–Crippen LogP) is 1.51. The largest absolute Gasteiger partial charge is 0.488 e. The highest BCUT2D eigenvalue weighted by Crippen LogP contribution is 2.28. The molecule has 4 nitrogen and oxygen atoms in total. The molecule has 15 heavy (non-hydrogen) atoms. The molecule has 0 unspecified atom stereocenters. The first-order chi connectivity index (χ1) is 7.07. The number of hydrogen-bond acceptors (Lipinski definition) is 3. The number of rotatable bonds is 4. The fourth-order valence-corrected chi connectivity index (χ4v) is 1.15. The first kappa shape index (κ1) is 11.7. The highest BCUT2D eigenvalue weighted by Gasteiger charge is 2.18. The number of halogens is 2. The number of carboxylic acids is 1. The van der Waals surface area contributed by atoms with E-state index in [-0.39, 0.29) is 29.5 Å². The van der Waals surface area contributed by atoms with E-state index in [0.29, 0.717) is 0 Å². The minimum Gasteiger partial charge on any atom is -0.488 e. The summed E-state index contributed by atoms with van der Waals surface area (Å²) >= 11 is 5.49. The summed E-state index contributed by atoms with van der Waals surface area (Å²) in [5.41, 5.74) is 4.89. The molecule has 0 saturated heterocycles. The van der Waals surface area contributed by atoms with Crippen molar-refractivity contribution in [3.63, 3.8) is 0 Å². The Morgan fingerprint density at radius 1 is 1.60 bits per heavy atom. The minimum atomic E-state index is -1.28. The Bertz CT molecular complexity index is 384. The molecule has 1 rings (SSSR count). The Labute approximate surface area is 90.4 Å². The van der Waals surface area contributed by atoms with Gasteiger partial charge in [-0.3, -0.25) is 0 Å². The first-order valence-electron chi connectivity index (χ1n) is 4.12. The van der Waals surface area contributed by atoms with Crippen LogP contribution in [0.2, 0.25) is 5.02 Å². The maximum Gasteiger partial charge on any atom is 0.339 e. The zero-order chi connectivity index (χ0) is 11.4. The average molecular weight is 234 g/mol. The Morgan fingerprint density at radius 3 is 2.80 bits per heavy atom. The second-order valence-corrected chi connectivity index (χ2v) is 3.09. The summed E-state index contributed by atoms with van der Waals surface area (Å²) in [4.78, 5) is 10.7. The van der Waals surface area contributed by atoms with Crippen LogP contribution < -0.4 is 10.5 Å². The molecule has 82 valence electrons. The second-order valence-electron chi connectivity index (χ2n) is 2.68. The molecule has 0 aliphatic rings. The van der Waals surface area contributed by atoms with Gasteiger partial charge in [0.05, 0.1) is 5.02 Å². The van der Waals surface area contributed by atoms with Gasteiger partial charge in [0.2, 0.25) is 0 Å². The van der Waals surface area contributed by atoms with Crippen molar-refractivity contribution in [3.8, 4) is 5.75 Å². The van der Waals surface area contributed by atoms with Crippen molar-refractivity contribution in [1.29, 1.82) is 0 Å². The zero-order valence-electron chi connectivity index (χ0n) is 7.67. The monoisotopic (exact) mass is 233 g/mol. The van der Waals surface area contributed by atoms with E-state index < -0.39 is 11.8 Å². The van der Waals surface area contributed by atoms with Crippen LogP contribution in [0.3, 0.4) is 0 Å². The lowest BCUT2D eigenvalue weighted by Gasteiger charge is -2.09. The quantitative estimate of drug-likeness (QED) is 0.827. The summed E-state index contributed by atoms with van der Waals surface area (Å²) in [5, 5.41) is 8.57. The SMILES string of the molecule is NCCOc1c(C(=O)O)ccc(Cl)c1F. The zero-order valence-corrected chi connectivity index (χ0v) is 8.42. The Kier molecular flexibility index (Phi) is 3.88. The molecule has 0 heterocycles. The van der Waals surface area contributed by atoms with Crippen LogP contribution in [0, 0.1) is 5.82 Å². The lowest BCUT2D eigenvalue weighted by Crippen LogP contribution is -2.13. The van der Waals surface area contributed by atoms with Crippen LogP contribution in [-0.2, 0) is 0 Å². The van der Waals surface area contributed by atoms with E-state index in [2.05, 4.69) is 0 Å². The maximum atomic E-state index is 13.4. The van der Waals surface area contributed by atoms with Gasteiger partial charge < -0.3 is 15.6 Å². The van der Waals surface area contributed by atoms with Gasteiger partial charge >= 0.3 is 5.97 Å². The second kappa shape index (κ2) is 4.95. The maximum absolute atomic E-state index is 13.4.